The van der Waals surface area contributed by atoms with Crippen LogP contribution in [0.1, 0.15) is 46.6 Å². The largest absolute Gasteiger partial charge is 0.356 e. The maximum absolute atomic E-state index is 4.65. The highest BCUT2D eigenvalue weighted by atomic mass is 15.2. The smallest absolute Gasteiger partial charge is 0.224 e. The molecule has 0 aliphatic rings. The van der Waals surface area contributed by atoms with Crippen LogP contribution in [0.15, 0.2) is 6.20 Å². The van der Waals surface area contributed by atoms with Crippen LogP contribution < -0.4 is 10.2 Å². The normalized spacial score (nSPS) is 13.2. The molecule has 0 amide bonds. The molecule has 1 N–H and O–H groups in total. The molecule has 108 valence electrons. The zero-order chi connectivity index (χ0) is 14.6. The van der Waals surface area contributed by atoms with Gasteiger partial charge in [0.05, 0.1) is 0 Å². The summed E-state index contributed by atoms with van der Waals surface area (Å²) in [6, 6.07) is 0.403. The van der Waals surface area contributed by atoms with E-state index in [1.165, 1.54) is 0 Å². The molecule has 1 rings (SSSR count). The Morgan fingerprint density at radius 3 is 2.53 bits per heavy atom. The summed E-state index contributed by atoms with van der Waals surface area (Å²) in [5.74, 6) is 1.73. The molecule has 0 radical (unpaired) electrons. The monoisotopic (exact) mass is 264 g/mol. The molecule has 1 aromatic rings. The van der Waals surface area contributed by atoms with Gasteiger partial charge in [0.15, 0.2) is 0 Å². The minimum atomic E-state index is 0.211. The molecule has 0 fully saturated rings. The van der Waals surface area contributed by atoms with E-state index in [1.807, 2.05) is 6.20 Å². The molecule has 4 heteroatoms. The van der Waals surface area contributed by atoms with Gasteiger partial charge in [0.1, 0.15) is 5.82 Å². The zero-order valence-electron chi connectivity index (χ0n) is 13.4. The maximum atomic E-state index is 4.65. The number of hydrogen-bond acceptors (Lipinski definition) is 4. The van der Waals surface area contributed by atoms with Crippen LogP contribution in [0.2, 0.25) is 0 Å². The van der Waals surface area contributed by atoms with Crippen molar-refractivity contribution in [3.05, 3.63) is 11.8 Å². The van der Waals surface area contributed by atoms with Gasteiger partial charge in [-0.3, -0.25) is 0 Å². The van der Waals surface area contributed by atoms with E-state index < -0.39 is 0 Å². The van der Waals surface area contributed by atoms with E-state index in [0.717, 1.165) is 30.3 Å². The standard InChI is InChI=1S/C15H28N4/c1-8-9-16-14-17-10-11(2)13(18-14)19(7)12(3)15(4,5)6/h10,12H,8-9H2,1-7H3,(H,16,17,18). The Labute approximate surface area is 117 Å². The molecule has 1 heterocycles. The van der Waals surface area contributed by atoms with E-state index in [2.05, 4.69) is 68.8 Å². The lowest BCUT2D eigenvalue weighted by Gasteiger charge is -2.36. The van der Waals surface area contributed by atoms with Gasteiger partial charge in [-0.2, -0.15) is 4.98 Å². The van der Waals surface area contributed by atoms with Crippen LogP contribution in [-0.2, 0) is 0 Å². The molecule has 0 saturated carbocycles. The van der Waals surface area contributed by atoms with E-state index in [4.69, 9.17) is 0 Å². The molecule has 1 aromatic heterocycles. The Kier molecular flexibility index (Phi) is 5.15. The number of nitrogens with one attached hydrogen (secondary N) is 1. The van der Waals surface area contributed by atoms with Crippen molar-refractivity contribution >= 4 is 11.8 Å². The molecule has 0 saturated heterocycles. The van der Waals surface area contributed by atoms with Gasteiger partial charge in [0.2, 0.25) is 5.95 Å². The summed E-state index contributed by atoms with van der Waals surface area (Å²) >= 11 is 0. The first-order chi connectivity index (χ1) is 8.77. The van der Waals surface area contributed by atoms with Gasteiger partial charge >= 0.3 is 0 Å². The molecular formula is C15H28N4. The second-order valence-corrected chi connectivity index (χ2v) is 6.28. The van der Waals surface area contributed by atoms with Gasteiger partial charge in [-0.15, -0.1) is 0 Å². The highest BCUT2D eigenvalue weighted by Crippen LogP contribution is 2.28. The fourth-order valence-corrected chi connectivity index (χ4v) is 1.88. The first-order valence-electron chi connectivity index (χ1n) is 7.07. The number of aryl methyl sites for hydroxylation is 1. The van der Waals surface area contributed by atoms with Crippen molar-refractivity contribution < 1.29 is 0 Å². The number of anilines is 2. The Morgan fingerprint density at radius 1 is 1.37 bits per heavy atom. The minimum Gasteiger partial charge on any atom is -0.356 e. The van der Waals surface area contributed by atoms with Crippen LogP contribution in [-0.4, -0.2) is 29.6 Å². The molecule has 0 spiro atoms. The van der Waals surface area contributed by atoms with Gasteiger partial charge in [-0.25, -0.2) is 4.98 Å². The molecule has 0 aliphatic carbocycles. The number of aromatic nitrogens is 2. The van der Waals surface area contributed by atoms with Crippen LogP contribution in [0.4, 0.5) is 11.8 Å². The van der Waals surface area contributed by atoms with E-state index in [1.54, 1.807) is 0 Å². The Balaban J connectivity index is 2.98. The summed E-state index contributed by atoms with van der Waals surface area (Å²) in [7, 11) is 2.11. The van der Waals surface area contributed by atoms with Gasteiger partial charge in [0.25, 0.3) is 0 Å². The van der Waals surface area contributed by atoms with Crippen LogP contribution in [0.5, 0.6) is 0 Å². The first kappa shape index (κ1) is 15.7. The predicted molar refractivity (Wildman–Crippen MR) is 82.9 cm³/mol. The van der Waals surface area contributed by atoms with Crippen molar-refractivity contribution in [3.63, 3.8) is 0 Å². The fraction of sp³-hybridized carbons (Fsp3) is 0.733. The summed E-state index contributed by atoms with van der Waals surface area (Å²) in [5.41, 5.74) is 1.32. The average Bonchev–Trinajstić information content (AvgIpc) is 2.35. The quantitative estimate of drug-likeness (QED) is 0.884. The SMILES string of the molecule is CCCNc1ncc(C)c(N(C)C(C)C(C)(C)C)n1. The van der Waals surface area contributed by atoms with E-state index in [0.29, 0.717) is 6.04 Å². The fourth-order valence-electron chi connectivity index (χ4n) is 1.88. The topological polar surface area (TPSA) is 41.1 Å². The van der Waals surface area contributed by atoms with Gasteiger partial charge in [-0.05, 0) is 25.7 Å². The van der Waals surface area contributed by atoms with Crippen molar-refractivity contribution in [1.29, 1.82) is 0 Å². The lowest BCUT2D eigenvalue weighted by molar-refractivity contribution is 0.328. The summed E-state index contributed by atoms with van der Waals surface area (Å²) in [6.45, 7) is 14.1. The summed E-state index contributed by atoms with van der Waals surface area (Å²) < 4.78 is 0. The van der Waals surface area contributed by atoms with Crippen molar-refractivity contribution in [2.75, 3.05) is 23.8 Å². The zero-order valence-corrected chi connectivity index (χ0v) is 13.4. The van der Waals surface area contributed by atoms with Crippen molar-refractivity contribution in [2.45, 2.75) is 54.0 Å². The van der Waals surface area contributed by atoms with Crippen LogP contribution >= 0.6 is 0 Å². The number of hydrogen-bond donors (Lipinski definition) is 1. The van der Waals surface area contributed by atoms with E-state index >= 15 is 0 Å². The Bertz CT molecular complexity index is 409. The average molecular weight is 264 g/mol. The second-order valence-electron chi connectivity index (χ2n) is 6.28. The number of nitrogens with zero attached hydrogens (tertiary/aromatic N) is 3. The van der Waals surface area contributed by atoms with Gasteiger partial charge in [0, 0.05) is 31.4 Å². The van der Waals surface area contributed by atoms with E-state index in [9.17, 15) is 0 Å². The molecule has 19 heavy (non-hydrogen) atoms. The molecule has 0 bridgehead atoms. The maximum Gasteiger partial charge on any atom is 0.224 e. The molecule has 1 unspecified atom stereocenters. The third-order valence-corrected chi connectivity index (χ3v) is 3.65. The van der Waals surface area contributed by atoms with Crippen LogP contribution in [0.25, 0.3) is 0 Å². The van der Waals surface area contributed by atoms with Crippen molar-refractivity contribution in [3.8, 4) is 0 Å². The lowest BCUT2D eigenvalue weighted by atomic mass is 9.87. The third kappa shape index (κ3) is 4.08. The molecule has 0 aromatic carbocycles. The van der Waals surface area contributed by atoms with Crippen LogP contribution in [0.3, 0.4) is 0 Å². The Morgan fingerprint density at radius 2 is 2.00 bits per heavy atom. The Hall–Kier alpha value is -1.32. The summed E-state index contributed by atoms with van der Waals surface area (Å²) in [6.07, 6.45) is 2.97. The molecular weight excluding hydrogens is 236 g/mol. The molecule has 1 atom stereocenters. The first-order valence-corrected chi connectivity index (χ1v) is 7.07. The summed E-state index contributed by atoms with van der Waals surface area (Å²) in [4.78, 5) is 11.2. The van der Waals surface area contributed by atoms with Crippen molar-refractivity contribution in [1.82, 2.24) is 9.97 Å². The predicted octanol–water partition coefficient (Wildman–Crippen LogP) is 3.48. The number of rotatable bonds is 5. The van der Waals surface area contributed by atoms with Gasteiger partial charge < -0.3 is 10.2 Å². The van der Waals surface area contributed by atoms with Gasteiger partial charge in [-0.1, -0.05) is 27.7 Å². The highest BCUT2D eigenvalue weighted by Gasteiger charge is 2.25. The van der Waals surface area contributed by atoms with Crippen LogP contribution in [0, 0.1) is 12.3 Å². The molecule has 0 aliphatic heterocycles. The van der Waals surface area contributed by atoms with E-state index in [-0.39, 0.29) is 5.41 Å². The second kappa shape index (κ2) is 6.22. The lowest BCUT2D eigenvalue weighted by Crippen LogP contribution is -2.40. The summed E-state index contributed by atoms with van der Waals surface area (Å²) in [5, 5.41) is 3.25. The highest BCUT2D eigenvalue weighted by molar-refractivity contribution is 5.49. The third-order valence-electron chi connectivity index (χ3n) is 3.65. The van der Waals surface area contributed by atoms with Crippen molar-refractivity contribution in [2.24, 2.45) is 5.41 Å². The minimum absolute atomic E-state index is 0.211. The molecule has 4 nitrogen and oxygen atoms in total.